The first-order chi connectivity index (χ1) is 19.8. The summed E-state index contributed by atoms with van der Waals surface area (Å²) < 4.78 is 30.7. The maximum absolute atomic E-state index is 15.5. The topological polar surface area (TPSA) is 164 Å². The number of fused-ring (bicyclic) bond motifs is 2. The Labute approximate surface area is 234 Å². The summed E-state index contributed by atoms with van der Waals surface area (Å²) in [6.07, 6.45) is 1.40. The number of nitrogens with zero attached hydrogens (tertiary/aromatic N) is 6. The zero-order chi connectivity index (χ0) is 28.2. The minimum Gasteiger partial charge on any atom is -0.491 e. The number of nitrogens with one attached hydrogen (secondary N) is 1. The predicted octanol–water partition coefficient (Wildman–Crippen LogP) is 2.54. The summed E-state index contributed by atoms with van der Waals surface area (Å²) in [4.78, 5) is 13.1. The Balaban J connectivity index is 1.10. The molecule has 2 aliphatic rings. The molecule has 5 heterocycles. The largest absolute Gasteiger partial charge is 0.491 e. The molecule has 2 fully saturated rings. The van der Waals surface area contributed by atoms with Crippen molar-refractivity contribution >= 4 is 33.6 Å². The lowest BCUT2D eigenvalue weighted by molar-refractivity contribution is -0.0410. The van der Waals surface area contributed by atoms with E-state index in [2.05, 4.69) is 20.4 Å². The number of aliphatic hydroxyl groups is 1. The summed E-state index contributed by atoms with van der Waals surface area (Å²) in [7, 11) is 1.80. The first-order valence-corrected chi connectivity index (χ1v) is 13.5. The number of benzene rings is 1. The molecule has 4 atom stereocenters. The van der Waals surface area contributed by atoms with E-state index in [1.54, 1.807) is 24.1 Å². The van der Waals surface area contributed by atoms with Crippen molar-refractivity contribution in [3.63, 3.8) is 0 Å². The second-order valence-corrected chi connectivity index (χ2v) is 10.7. The number of aromatic nitrogens is 6. The first kappa shape index (κ1) is 25.6. The predicted molar refractivity (Wildman–Crippen MR) is 151 cm³/mol. The monoisotopic (exact) mass is 559 g/mol. The highest BCUT2D eigenvalue weighted by atomic mass is 19.1. The maximum Gasteiger partial charge on any atom is 0.173 e. The molecule has 1 aliphatic carbocycles. The molecule has 0 amide bonds. The molecule has 41 heavy (non-hydrogen) atoms. The van der Waals surface area contributed by atoms with Crippen molar-refractivity contribution < 1.29 is 19.0 Å². The molecule has 1 saturated carbocycles. The lowest BCUT2D eigenvalue weighted by atomic mass is 9.88. The molecule has 12 nitrogen and oxygen atoms in total. The van der Waals surface area contributed by atoms with Gasteiger partial charge in [-0.2, -0.15) is 5.10 Å². The SMILES string of the molecule is Cn1ccc(-c2cn([C@@H]3O[C@H](COc4ccc5ccc(NC6CC(N)C6)nc5c4)[C@@H](O)[C@@H]3F)c3ncnc(N)c23)n1. The normalized spacial score (nSPS) is 26.0. The molecule has 7 rings (SSSR count). The summed E-state index contributed by atoms with van der Waals surface area (Å²) in [5.74, 6) is 1.55. The van der Waals surface area contributed by atoms with Crippen LogP contribution in [0.25, 0.3) is 33.2 Å². The molecule has 0 spiro atoms. The molecule has 0 radical (unpaired) electrons. The third-order valence-electron chi connectivity index (χ3n) is 7.80. The summed E-state index contributed by atoms with van der Waals surface area (Å²) in [6, 6.07) is 11.9. The zero-order valence-corrected chi connectivity index (χ0v) is 22.3. The molecule has 1 aromatic carbocycles. The molecule has 0 unspecified atom stereocenters. The number of pyridine rings is 1. The van der Waals surface area contributed by atoms with Crippen LogP contribution in [0.15, 0.2) is 55.1 Å². The molecule has 4 aromatic heterocycles. The van der Waals surface area contributed by atoms with Gasteiger partial charge in [0.05, 0.1) is 16.6 Å². The number of aliphatic hydroxyl groups excluding tert-OH is 1. The summed E-state index contributed by atoms with van der Waals surface area (Å²) >= 11 is 0. The van der Waals surface area contributed by atoms with Crippen LogP contribution < -0.4 is 21.5 Å². The molecular formula is C28H30FN9O3. The van der Waals surface area contributed by atoms with Gasteiger partial charge in [0.25, 0.3) is 0 Å². The number of rotatable bonds is 7. The highest BCUT2D eigenvalue weighted by Crippen LogP contribution is 2.39. The van der Waals surface area contributed by atoms with Crippen molar-refractivity contribution in [1.29, 1.82) is 0 Å². The van der Waals surface area contributed by atoms with Gasteiger partial charge in [0.1, 0.15) is 48.2 Å². The number of nitrogens with two attached hydrogens (primary N) is 2. The van der Waals surface area contributed by atoms with E-state index >= 15 is 4.39 Å². The average Bonchev–Trinajstić information content (AvgIpc) is 3.63. The Kier molecular flexibility index (Phi) is 6.21. The second kappa shape index (κ2) is 9.94. The molecule has 5 aromatic rings. The Bertz CT molecular complexity index is 1730. The van der Waals surface area contributed by atoms with Crippen LogP contribution in [-0.4, -0.2) is 71.5 Å². The molecule has 13 heteroatoms. The molecule has 1 aliphatic heterocycles. The van der Waals surface area contributed by atoms with Gasteiger partial charge in [-0.3, -0.25) is 4.68 Å². The van der Waals surface area contributed by atoms with E-state index in [0.717, 1.165) is 29.6 Å². The molecular weight excluding hydrogens is 529 g/mol. The van der Waals surface area contributed by atoms with Crippen molar-refractivity contribution in [1.82, 2.24) is 29.3 Å². The van der Waals surface area contributed by atoms with Crippen molar-refractivity contribution in [2.24, 2.45) is 12.8 Å². The van der Waals surface area contributed by atoms with Gasteiger partial charge in [-0.25, -0.2) is 19.3 Å². The van der Waals surface area contributed by atoms with Crippen molar-refractivity contribution in [3.05, 3.63) is 55.1 Å². The van der Waals surface area contributed by atoms with Crippen molar-refractivity contribution in [2.75, 3.05) is 17.7 Å². The number of anilines is 2. The quantitative estimate of drug-likeness (QED) is 0.233. The van der Waals surface area contributed by atoms with E-state index < -0.39 is 24.6 Å². The van der Waals surface area contributed by atoms with E-state index in [1.807, 2.05) is 36.4 Å². The fraction of sp³-hybridized carbons (Fsp3) is 0.357. The van der Waals surface area contributed by atoms with Gasteiger partial charge in [0.15, 0.2) is 12.4 Å². The average molecular weight is 560 g/mol. The van der Waals surface area contributed by atoms with Gasteiger partial charge in [0, 0.05) is 48.5 Å². The van der Waals surface area contributed by atoms with E-state index in [0.29, 0.717) is 34.1 Å². The molecule has 0 bridgehead atoms. The van der Waals surface area contributed by atoms with Crippen molar-refractivity contribution in [3.8, 4) is 17.0 Å². The number of ether oxygens (including phenoxy) is 2. The fourth-order valence-electron chi connectivity index (χ4n) is 5.55. The van der Waals surface area contributed by atoms with Gasteiger partial charge in [0.2, 0.25) is 0 Å². The number of hydrogen-bond acceptors (Lipinski definition) is 10. The lowest BCUT2D eigenvalue weighted by Crippen LogP contribution is -2.44. The highest BCUT2D eigenvalue weighted by Gasteiger charge is 2.46. The second-order valence-electron chi connectivity index (χ2n) is 10.7. The fourth-order valence-corrected chi connectivity index (χ4v) is 5.55. The standard InChI is InChI=1S/C28H30FN9O3/c1-37-7-6-19(36-37)18-11-38(27-23(18)26(31)32-13-33-27)28-24(29)25(39)21(41-28)12-40-17-4-2-14-3-5-22(35-20(14)10-17)34-16-8-15(30)9-16/h2-7,10-11,13,15-16,21,24-25,28,39H,8-9,12,30H2,1H3,(H,34,35)(H2,31,32,33)/t15?,16?,21-,24+,25-,28-/m1/s1. The number of alkyl halides is 1. The van der Waals surface area contributed by atoms with Gasteiger partial charge < -0.3 is 35.9 Å². The lowest BCUT2D eigenvalue weighted by Gasteiger charge is -2.33. The van der Waals surface area contributed by atoms with Crippen LogP contribution >= 0.6 is 0 Å². The molecule has 1 saturated heterocycles. The Hall–Kier alpha value is -4.33. The van der Waals surface area contributed by atoms with Crippen LogP contribution in [0.5, 0.6) is 5.75 Å². The van der Waals surface area contributed by atoms with Crippen molar-refractivity contribution in [2.45, 2.75) is 49.5 Å². The number of aryl methyl sites for hydroxylation is 1. The Morgan fingerprint density at radius 3 is 2.80 bits per heavy atom. The van der Waals surface area contributed by atoms with Gasteiger partial charge in [-0.15, -0.1) is 0 Å². The summed E-state index contributed by atoms with van der Waals surface area (Å²) in [5, 5.41) is 20.1. The maximum atomic E-state index is 15.5. The highest BCUT2D eigenvalue weighted by molar-refractivity contribution is 5.99. The van der Waals surface area contributed by atoms with Crippen LogP contribution in [0.2, 0.25) is 0 Å². The van der Waals surface area contributed by atoms with Gasteiger partial charge in [-0.05, 0) is 43.2 Å². The van der Waals surface area contributed by atoms with E-state index in [9.17, 15) is 5.11 Å². The van der Waals surface area contributed by atoms with Gasteiger partial charge in [-0.1, -0.05) is 0 Å². The van der Waals surface area contributed by atoms with Crippen LogP contribution in [0.1, 0.15) is 19.1 Å². The summed E-state index contributed by atoms with van der Waals surface area (Å²) in [5.41, 5.74) is 14.5. The Morgan fingerprint density at radius 1 is 1.20 bits per heavy atom. The Morgan fingerprint density at radius 2 is 2.02 bits per heavy atom. The third-order valence-corrected chi connectivity index (χ3v) is 7.80. The zero-order valence-electron chi connectivity index (χ0n) is 22.3. The summed E-state index contributed by atoms with van der Waals surface area (Å²) in [6.45, 7) is -0.0646. The molecule has 6 N–H and O–H groups in total. The van der Waals surface area contributed by atoms with Crippen LogP contribution in [0, 0.1) is 0 Å². The molecule has 212 valence electrons. The van der Waals surface area contributed by atoms with E-state index in [4.69, 9.17) is 25.9 Å². The number of nitrogen functional groups attached to an aromatic ring is 1. The van der Waals surface area contributed by atoms with Crippen LogP contribution in [0.4, 0.5) is 16.0 Å². The minimum atomic E-state index is -1.74. The van der Waals surface area contributed by atoms with Crippen LogP contribution in [0.3, 0.4) is 0 Å². The van der Waals surface area contributed by atoms with Gasteiger partial charge >= 0.3 is 0 Å². The smallest absolute Gasteiger partial charge is 0.173 e. The third kappa shape index (κ3) is 4.61. The van der Waals surface area contributed by atoms with E-state index in [1.165, 1.54) is 10.9 Å². The van der Waals surface area contributed by atoms with Crippen LogP contribution in [-0.2, 0) is 11.8 Å². The first-order valence-electron chi connectivity index (χ1n) is 13.5. The minimum absolute atomic E-state index is 0.0646. The van der Waals surface area contributed by atoms with E-state index in [-0.39, 0.29) is 18.5 Å². The number of hydrogen-bond donors (Lipinski definition) is 4. The number of halogens is 1.